The molecule has 1 saturated carbocycles. The minimum Gasteiger partial charge on any atom is -0.491 e. The van der Waals surface area contributed by atoms with Gasteiger partial charge in [-0.3, -0.25) is 0 Å². The van der Waals surface area contributed by atoms with Crippen LogP contribution in [-0.2, 0) is 12.8 Å². The van der Waals surface area contributed by atoms with E-state index in [1.54, 1.807) is 19.1 Å². The molecule has 1 nitrogen and oxygen atoms in total. The summed E-state index contributed by atoms with van der Waals surface area (Å²) in [4.78, 5) is 0. The summed E-state index contributed by atoms with van der Waals surface area (Å²) in [6, 6.07) is 21.1. The Morgan fingerprint density at radius 1 is 0.750 bits per heavy atom. The van der Waals surface area contributed by atoms with Crippen LogP contribution in [-0.4, -0.2) is 6.61 Å². The maximum absolute atomic E-state index is 14.6. The predicted octanol–water partition coefficient (Wildman–Crippen LogP) is 9.45. The van der Waals surface area contributed by atoms with Gasteiger partial charge in [-0.15, -0.1) is 0 Å². The van der Waals surface area contributed by atoms with Crippen molar-refractivity contribution in [3.63, 3.8) is 0 Å². The van der Waals surface area contributed by atoms with Crippen LogP contribution in [0.3, 0.4) is 0 Å². The number of hydrogen-bond donors (Lipinski definition) is 0. The Balaban J connectivity index is 1.23. The molecule has 0 bridgehead atoms. The molecule has 0 heterocycles. The van der Waals surface area contributed by atoms with E-state index in [9.17, 15) is 8.78 Å². The lowest BCUT2D eigenvalue weighted by molar-refractivity contribution is 0.310. The lowest BCUT2D eigenvalue weighted by Gasteiger charge is -2.27. The van der Waals surface area contributed by atoms with Gasteiger partial charge in [0.05, 0.1) is 6.61 Å². The molecule has 3 aromatic rings. The molecule has 0 spiro atoms. The van der Waals surface area contributed by atoms with E-state index in [-0.39, 0.29) is 11.7 Å². The van der Waals surface area contributed by atoms with E-state index >= 15 is 0 Å². The van der Waals surface area contributed by atoms with Crippen molar-refractivity contribution in [2.75, 3.05) is 6.61 Å². The number of benzene rings is 3. The van der Waals surface area contributed by atoms with Gasteiger partial charge in [-0.25, -0.2) is 4.39 Å². The standard InChI is InChI=1S/C33H38F2O/c1-3-7-24-10-16-27(17-11-24)28-18-12-25(13-19-28)8-5-6-9-26-14-20-29(21-15-26)30-22-23-31(36-4-2)33(35)32(30)34/h6,9-13,16-19,22-23,26,29H,3-5,7-8,14-15,20-21H2,1-2H3/t26-,29-. The molecule has 0 saturated heterocycles. The highest BCUT2D eigenvalue weighted by Crippen LogP contribution is 2.39. The molecular formula is C33H38F2O. The zero-order chi connectivity index (χ0) is 25.3. The second kappa shape index (κ2) is 12.9. The summed E-state index contributed by atoms with van der Waals surface area (Å²) in [6.45, 7) is 4.30. The molecule has 0 atom stereocenters. The largest absolute Gasteiger partial charge is 0.491 e. The first-order valence-corrected chi connectivity index (χ1v) is 13.5. The van der Waals surface area contributed by atoms with E-state index in [0.717, 1.165) is 44.9 Å². The molecule has 1 aliphatic rings. The van der Waals surface area contributed by atoms with Gasteiger partial charge in [-0.1, -0.05) is 80.1 Å². The van der Waals surface area contributed by atoms with Crippen molar-refractivity contribution in [2.24, 2.45) is 5.92 Å². The SMILES string of the molecule is CCCc1ccc(-c2ccc(CCC=C[C@H]3CC[C@H](c4ccc(OCC)c(F)c4F)CC3)cc2)cc1. The zero-order valence-corrected chi connectivity index (χ0v) is 21.6. The van der Waals surface area contributed by atoms with E-state index < -0.39 is 11.6 Å². The fraction of sp³-hybridized carbons (Fsp3) is 0.394. The van der Waals surface area contributed by atoms with Gasteiger partial charge in [0.15, 0.2) is 11.6 Å². The third-order valence-electron chi connectivity index (χ3n) is 7.38. The summed E-state index contributed by atoms with van der Waals surface area (Å²) in [5.74, 6) is -0.976. The first-order chi connectivity index (χ1) is 17.6. The third-order valence-corrected chi connectivity index (χ3v) is 7.38. The molecule has 36 heavy (non-hydrogen) atoms. The van der Waals surface area contributed by atoms with E-state index in [0.29, 0.717) is 18.1 Å². The van der Waals surface area contributed by atoms with E-state index in [1.165, 1.54) is 28.7 Å². The van der Waals surface area contributed by atoms with Gasteiger partial charge in [-0.2, -0.15) is 4.39 Å². The monoisotopic (exact) mass is 488 g/mol. The first-order valence-electron chi connectivity index (χ1n) is 13.5. The Morgan fingerprint density at radius 2 is 1.36 bits per heavy atom. The minimum absolute atomic E-state index is 0.00562. The quantitative estimate of drug-likeness (QED) is 0.258. The molecular weight excluding hydrogens is 450 g/mol. The molecule has 0 N–H and O–H groups in total. The normalized spacial score (nSPS) is 18.0. The van der Waals surface area contributed by atoms with E-state index in [1.807, 2.05) is 0 Å². The Hall–Kier alpha value is -2.94. The third kappa shape index (κ3) is 6.63. The Morgan fingerprint density at radius 3 is 1.94 bits per heavy atom. The van der Waals surface area contributed by atoms with Gasteiger partial charge in [-0.05, 0) is 97.6 Å². The maximum atomic E-state index is 14.6. The van der Waals surface area contributed by atoms with Crippen LogP contribution < -0.4 is 4.74 Å². The molecule has 1 fully saturated rings. The van der Waals surface area contributed by atoms with Crippen LogP contribution in [0, 0.1) is 17.6 Å². The number of halogens is 2. The topological polar surface area (TPSA) is 9.23 Å². The lowest BCUT2D eigenvalue weighted by Crippen LogP contribution is -2.14. The molecule has 0 radical (unpaired) electrons. The van der Waals surface area contributed by atoms with Gasteiger partial charge in [0, 0.05) is 0 Å². The number of ether oxygens (including phenoxy) is 1. The van der Waals surface area contributed by atoms with Gasteiger partial charge < -0.3 is 4.74 Å². The highest BCUT2D eigenvalue weighted by atomic mass is 19.2. The number of rotatable bonds is 10. The van der Waals surface area contributed by atoms with Crippen molar-refractivity contribution in [1.82, 2.24) is 0 Å². The van der Waals surface area contributed by atoms with Crippen LogP contribution in [0.4, 0.5) is 8.78 Å². The maximum Gasteiger partial charge on any atom is 0.200 e. The van der Waals surface area contributed by atoms with Crippen molar-refractivity contribution in [1.29, 1.82) is 0 Å². The van der Waals surface area contributed by atoms with Gasteiger partial charge in [0.1, 0.15) is 0 Å². The number of hydrogen-bond acceptors (Lipinski definition) is 1. The van der Waals surface area contributed by atoms with Gasteiger partial charge in [0.25, 0.3) is 0 Å². The molecule has 190 valence electrons. The smallest absolute Gasteiger partial charge is 0.200 e. The fourth-order valence-corrected chi connectivity index (χ4v) is 5.31. The Labute approximate surface area is 215 Å². The Kier molecular flexibility index (Phi) is 9.33. The summed E-state index contributed by atoms with van der Waals surface area (Å²) < 4.78 is 34.0. The van der Waals surface area contributed by atoms with Gasteiger partial charge in [0.2, 0.25) is 5.82 Å². The predicted molar refractivity (Wildman–Crippen MR) is 146 cm³/mol. The van der Waals surface area contributed by atoms with Crippen molar-refractivity contribution < 1.29 is 13.5 Å². The number of aryl methyl sites for hydroxylation is 2. The van der Waals surface area contributed by atoms with Crippen LogP contribution in [0.15, 0.2) is 72.8 Å². The summed E-state index contributed by atoms with van der Waals surface area (Å²) >= 11 is 0. The molecule has 3 aromatic carbocycles. The summed E-state index contributed by atoms with van der Waals surface area (Å²) in [5, 5.41) is 0. The summed E-state index contributed by atoms with van der Waals surface area (Å²) in [7, 11) is 0. The Bertz CT molecular complexity index is 1120. The van der Waals surface area contributed by atoms with Crippen molar-refractivity contribution in [3.05, 3.63) is 101 Å². The van der Waals surface area contributed by atoms with E-state index in [2.05, 4.69) is 67.6 Å². The lowest BCUT2D eigenvalue weighted by atomic mass is 9.78. The second-order valence-electron chi connectivity index (χ2n) is 9.94. The van der Waals surface area contributed by atoms with Crippen LogP contribution in [0.2, 0.25) is 0 Å². The molecule has 1 aliphatic carbocycles. The minimum atomic E-state index is -0.853. The van der Waals surface area contributed by atoms with Crippen molar-refractivity contribution >= 4 is 0 Å². The molecule has 0 amide bonds. The molecule has 3 heteroatoms. The second-order valence-corrected chi connectivity index (χ2v) is 9.94. The first kappa shape index (κ1) is 26.1. The highest BCUT2D eigenvalue weighted by Gasteiger charge is 2.25. The van der Waals surface area contributed by atoms with Crippen molar-refractivity contribution in [2.45, 2.75) is 71.1 Å². The highest BCUT2D eigenvalue weighted by molar-refractivity contribution is 5.64. The molecule has 0 unspecified atom stereocenters. The average Bonchev–Trinajstić information content (AvgIpc) is 2.91. The number of allylic oxidation sites excluding steroid dienone is 2. The van der Waals surface area contributed by atoms with Crippen LogP contribution >= 0.6 is 0 Å². The summed E-state index contributed by atoms with van der Waals surface area (Å²) in [6.07, 6.45) is 12.8. The molecule has 0 aliphatic heterocycles. The molecule has 0 aromatic heterocycles. The summed E-state index contributed by atoms with van der Waals surface area (Å²) in [5.41, 5.74) is 5.78. The molecule has 4 rings (SSSR count). The fourth-order valence-electron chi connectivity index (χ4n) is 5.31. The zero-order valence-electron chi connectivity index (χ0n) is 21.6. The average molecular weight is 489 g/mol. The van der Waals surface area contributed by atoms with Gasteiger partial charge >= 0.3 is 0 Å². The van der Waals surface area contributed by atoms with Crippen LogP contribution in [0.1, 0.15) is 75.0 Å². The van der Waals surface area contributed by atoms with Crippen LogP contribution in [0.25, 0.3) is 11.1 Å². The van der Waals surface area contributed by atoms with Crippen LogP contribution in [0.5, 0.6) is 5.75 Å². The van der Waals surface area contributed by atoms with E-state index in [4.69, 9.17) is 4.74 Å². The van der Waals surface area contributed by atoms with Crippen molar-refractivity contribution in [3.8, 4) is 16.9 Å².